The summed E-state index contributed by atoms with van der Waals surface area (Å²) in [5, 5.41) is 0. The Bertz CT molecular complexity index is 546. The van der Waals surface area contributed by atoms with Crippen LogP contribution in [0.15, 0.2) is 27.6 Å². The number of sulfonamides is 1. The predicted octanol–water partition coefficient (Wildman–Crippen LogP) is 1.60. The summed E-state index contributed by atoms with van der Waals surface area (Å²) in [6.45, 7) is 0.222. The summed E-state index contributed by atoms with van der Waals surface area (Å²) in [4.78, 5) is -0.351. The lowest BCUT2D eigenvalue weighted by Gasteiger charge is -2.16. The van der Waals surface area contributed by atoms with Gasteiger partial charge in [0.1, 0.15) is 10.7 Å². The predicted molar refractivity (Wildman–Crippen MR) is 70.0 cm³/mol. The van der Waals surface area contributed by atoms with Crippen molar-refractivity contribution in [2.75, 3.05) is 6.54 Å². The van der Waals surface area contributed by atoms with Crippen molar-refractivity contribution < 1.29 is 12.8 Å². The minimum Gasteiger partial charge on any atom is -0.329 e. The van der Waals surface area contributed by atoms with Gasteiger partial charge in [0.15, 0.2) is 0 Å². The lowest BCUT2D eigenvalue weighted by molar-refractivity contribution is 0.511. The number of hydrogen-bond donors (Lipinski definition) is 2. The molecule has 1 aromatic carbocycles. The number of benzene rings is 1. The second-order valence-corrected chi connectivity index (χ2v) is 6.97. The topological polar surface area (TPSA) is 72.2 Å². The molecule has 0 saturated heterocycles. The summed E-state index contributed by atoms with van der Waals surface area (Å²) in [7, 11) is -3.86. The summed E-state index contributed by atoms with van der Waals surface area (Å²) in [6, 6.07) is 3.51. The zero-order chi connectivity index (χ0) is 13.3. The van der Waals surface area contributed by atoms with Crippen molar-refractivity contribution in [3.8, 4) is 0 Å². The Morgan fingerprint density at radius 3 is 2.72 bits per heavy atom. The molecule has 0 aliphatic heterocycles. The molecule has 1 fully saturated rings. The van der Waals surface area contributed by atoms with Crippen LogP contribution >= 0.6 is 15.9 Å². The molecule has 1 aromatic rings. The number of halogens is 2. The Kier molecular flexibility index (Phi) is 4.05. The highest BCUT2D eigenvalue weighted by atomic mass is 79.9. The molecule has 0 radical (unpaired) electrons. The molecular formula is C11H14BrFN2O2S. The van der Waals surface area contributed by atoms with Gasteiger partial charge in [0, 0.05) is 17.1 Å². The van der Waals surface area contributed by atoms with E-state index in [0.717, 1.165) is 18.9 Å². The maximum atomic E-state index is 13.6. The lowest BCUT2D eigenvalue weighted by atomic mass is 10.2. The highest BCUT2D eigenvalue weighted by Crippen LogP contribution is 2.33. The van der Waals surface area contributed by atoms with Crippen LogP contribution in [-0.4, -0.2) is 21.0 Å². The van der Waals surface area contributed by atoms with Crippen LogP contribution in [0.2, 0.25) is 0 Å². The van der Waals surface area contributed by atoms with Crippen LogP contribution in [0.1, 0.15) is 12.8 Å². The van der Waals surface area contributed by atoms with Gasteiger partial charge in [0.2, 0.25) is 10.0 Å². The van der Waals surface area contributed by atoms with Gasteiger partial charge in [-0.15, -0.1) is 0 Å². The van der Waals surface area contributed by atoms with Crippen molar-refractivity contribution in [1.82, 2.24) is 4.72 Å². The third-order valence-corrected chi connectivity index (χ3v) is 4.93. The van der Waals surface area contributed by atoms with E-state index >= 15 is 0 Å². The summed E-state index contributed by atoms with van der Waals surface area (Å²) in [5.41, 5.74) is 5.54. The van der Waals surface area contributed by atoms with Gasteiger partial charge < -0.3 is 5.73 Å². The molecule has 1 unspecified atom stereocenters. The Morgan fingerprint density at radius 2 is 2.17 bits per heavy atom. The molecule has 7 heteroatoms. The molecule has 0 spiro atoms. The monoisotopic (exact) mass is 336 g/mol. The average molecular weight is 337 g/mol. The molecule has 0 heterocycles. The molecule has 4 nitrogen and oxygen atoms in total. The second kappa shape index (κ2) is 5.24. The van der Waals surface area contributed by atoms with E-state index in [1.165, 1.54) is 12.1 Å². The van der Waals surface area contributed by atoms with E-state index in [1.807, 2.05) is 0 Å². The Balaban J connectivity index is 2.26. The van der Waals surface area contributed by atoms with Crippen LogP contribution in [0.4, 0.5) is 4.39 Å². The smallest absolute Gasteiger partial charge is 0.243 e. The van der Waals surface area contributed by atoms with E-state index in [4.69, 9.17) is 5.73 Å². The van der Waals surface area contributed by atoms with E-state index < -0.39 is 15.8 Å². The molecule has 3 N–H and O–H groups in total. The molecule has 1 atom stereocenters. The van der Waals surface area contributed by atoms with Gasteiger partial charge in [0.05, 0.1) is 0 Å². The SMILES string of the molecule is NCC(NS(=O)(=O)c1cc(Br)ccc1F)C1CC1. The number of nitrogens with two attached hydrogens (primary N) is 1. The summed E-state index contributed by atoms with van der Waals surface area (Å²) >= 11 is 3.13. The maximum absolute atomic E-state index is 13.6. The number of nitrogens with one attached hydrogen (secondary N) is 1. The van der Waals surface area contributed by atoms with E-state index in [2.05, 4.69) is 20.7 Å². The minimum atomic E-state index is -3.86. The van der Waals surface area contributed by atoms with Crippen molar-refractivity contribution in [2.45, 2.75) is 23.8 Å². The fraction of sp³-hybridized carbons (Fsp3) is 0.455. The highest BCUT2D eigenvalue weighted by molar-refractivity contribution is 9.10. The third-order valence-electron chi connectivity index (χ3n) is 2.93. The Labute approximate surface area is 114 Å². The molecule has 2 rings (SSSR count). The fourth-order valence-electron chi connectivity index (χ4n) is 1.78. The van der Waals surface area contributed by atoms with Gasteiger partial charge >= 0.3 is 0 Å². The first-order valence-electron chi connectivity index (χ1n) is 5.61. The summed E-state index contributed by atoms with van der Waals surface area (Å²) < 4.78 is 40.7. The van der Waals surface area contributed by atoms with Gasteiger partial charge in [0.25, 0.3) is 0 Å². The molecular weight excluding hydrogens is 323 g/mol. The van der Waals surface area contributed by atoms with Gasteiger partial charge in [-0.25, -0.2) is 17.5 Å². The van der Waals surface area contributed by atoms with Gasteiger partial charge in [-0.2, -0.15) is 0 Å². The van der Waals surface area contributed by atoms with Crippen LogP contribution in [0, 0.1) is 11.7 Å². The average Bonchev–Trinajstić information content (AvgIpc) is 3.13. The minimum absolute atomic E-state index is 0.222. The fourth-order valence-corrected chi connectivity index (χ4v) is 3.71. The van der Waals surface area contributed by atoms with Crippen molar-refractivity contribution in [3.63, 3.8) is 0 Å². The van der Waals surface area contributed by atoms with Crippen LogP contribution in [0.25, 0.3) is 0 Å². The summed E-state index contributed by atoms with van der Waals surface area (Å²) in [5.74, 6) is -0.489. The van der Waals surface area contributed by atoms with Crippen LogP contribution in [-0.2, 0) is 10.0 Å². The first kappa shape index (κ1) is 13.9. The van der Waals surface area contributed by atoms with Crippen LogP contribution < -0.4 is 10.5 Å². The first-order chi connectivity index (χ1) is 8.44. The maximum Gasteiger partial charge on any atom is 0.243 e. The second-order valence-electron chi connectivity index (χ2n) is 4.38. The van der Waals surface area contributed by atoms with Crippen molar-refractivity contribution in [3.05, 3.63) is 28.5 Å². The molecule has 1 aliphatic rings. The highest BCUT2D eigenvalue weighted by Gasteiger charge is 2.34. The van der Waals surface area contributed by atoms with Gasteiger partial charge in [-0.3, -0.25) is 0 Å². The largest absolute Gasteiger partial charge is 0.329 e. The lowest BCUT2D eigenvalue weighted by Crippen LogP contribution is -2.41. The van der Waals surface area contributed by atoms with Crippen LogP contribution in [0.5, 0.6) is 0 Å². The molecule has 1 saturated carbocycles. The zero-order valence-electron chi connectivity index (χ0n) is 9.57. The normalized spacial score (nSPS) is 17.7. The molecule has 1 aliphatic carbocycles. The van der Waals surface area contributed by atoms with Crippen molar-refractivity contribution in [2.24, 2.45) is 11.7 Å². The van der Waals surface area contributed by atoms with E-state index in [-0.39, 0.29) is 23.4 Å². The van der Waals surface area contributed by atoms with Crippen LogP contribution in [0.3, 0.4) is 0 Å². The first-order valence-corrected chi connectivity index (χ1v) is 7.89. The third kappa shape index (κ3) is 3.09. The van der Waals surface area contributed by atoms with Gasteiger partial charge in [-0.1, -0.05) is 15.9 Å². The zero-order valence-corrected chi connectivity index (χ0v) is 12.0. The molecule has 100 valence electrons. The van der Waals surface area contributed by atoms with Crippen molar-refractivity contribution in [1.29, 1.82) is 0 Å². The quantitative estimate of drug-likeness (QED) is 0.857. The number of hydrogen-bond acceptors (Lipinski definition) is 3. The summed E-state index contributed by atoms with van der Waals surface area (Å²) in [6.07, 6.45) is 1.93. The van der Waals surface area contributed by atoms with Crippen molar-refractivity contribution >= 4 is 26.0 Å². The van der Waals surface area contributed by atoms with E-state index in [1.54, 1.807) is 0 Å². The Hall–Kier alpha value is -0.500. The molecule has 0 bridgehead atoms. The standard InChI is InChI=1S/C11H14BrFN2O2S/c12-8-3-4-9(13)11(5-8)18(16,17)15-10(6-14)7-1-2-7/h3-5,7,10,15H,1-2,6,14H2. The van der Waals surface area contributed by atoms with E-state index in [0.29, 0.717) is 4.47 Å². The molecule has 18 heavy (non-hydrogen) atoms. The Morgan fingerprint density at radius 1 is 1.50 bits per heavy atom. The van der Waals surface area contributed by atoms with E-state index in [9.17, 15) is 12.8 Å². The molecule has 0 amide bonds. The number of rotatable bonds is 5. The molecule has 0 aromatic heterocycles. The van der Waals surface area contributed by atoms with Gasteiger partial charge in [-0.05, 0) is 37.0 Å².